The van der Waals surface area contributed by atoms with Gasteiger partial charge in [0, 0.05) is 12.8 Å². The fraction of sp³-hybridized carbons (Fsp3) is 0.429. The van der Waals surface area contributed by atoms with Crippen molar-refractivity contribution in [3.8, 4) is 11.5 Å². The maximum absolute atomic E-state index is 11.8. The molecule has 0 heterocycles. The lowest BCUT2D eigenvalue weighted by Gasteiger charge is -2.19. The van der Waals surface area contributed by atoms with Gasteiger partial charge in [0.05, 0.1) is 0 Å². The van der Waals surface area contributed by atoms with Crippen LogP contribution in [0.15, 0.2) is 18.2 Å². The molecule has 0 spiro atoms. The van der Waals surface area contributed by atoms with E-state index in [-0.39, 0.29) is 17.9 Å². The van der Waals surface area contributed by atoms with Gasteiger partial charge in [0.25, 0.3) is 5.91 Å². The Kier molecular flexibility index (Phi) is 7.69. The summed E-state index contributed by atoms with van der Waals surface area (Å²) in [4.78, 5) is 22.9. The molecule has 1 atom stereocenters. The minimum atomic E-state index is -1.19. The van der Waals surface area contributed by atoms with Crippen LogP contribution in [0.25, 0.3) is 0 Å². The Morgan fingerprint density at radius 1 is 1.27 bits per heavy atom. The molecular weight excluding hydrogens is 312 g/mol. The van der Waals surface area contributed by atoms with Gasteiger partial charge in [-0.15, -0.1) is 11.6 Å². The number of halogens is 1. The van der Waals surface area contributed by atoms with Crippen molar-refractivity contribution in [3.05, 3.63) is 23.8 Å². The molecule has 22 heavy (non-hydrogen) atoms. The number of phenols is 2. The fourth-order valence-electron chi connectivity index (χ4n) is 1.49. The second kappa shape index (κ2) is 8.45. The molecule has 0 saturated heterocycles. The van der Waals surface area contributed by atoms with Crippen molar-refractivity contribution in [2.45, 2.75) is 31.8 Å². The molecule has 7 N–H and O–H groups in total. The van der Waals surface area contributed by atoms with Crippen molar-refractivity contribution in [2.75, 3.05) is 6.38 Å². The molecule has 0 radical (unpaired) electrons. The third-order valence-corrected chi connectivity index (χ3v) is 2.70. The van der Waals surface area contributed by atoms with Crippen LogP contribution in [-0.2, 0) is 16.0 Å². The lowest BCUT2D eigenvalue weighted by molar-refractivity contribution is -0.446. The van der Waals surface area contributed by atoms with E-state index in [1.54, 1.807) is 13.8 Å². The Bertz CT molecular complexity index is 528. The van der Waals surface area contributed by atoms with E-state index in [9.17, 15) is 19.8 Å². The minimum absolute atomic E-state index is 0.00894. The molecule has 0 fully saturated rings. The van der Waals surface area contributed by atoms with Crippen molar-refractivity contribution in [1.82, 2.24) is 5.32 Å². The first-order chi connectivity index (χ1) is 10.1. The fourth-order valence-corrected chi connectivity index (χ4v) is 1.49. The van der Waals surface area contributed by atoms with Crippen LogP contribution in [0, 0.1) is 0 Å². The molecule has 1 unspecified atom stereocenters. The molecule has 124 valence electrons. The van der Waals surface area contributed by atoms with Crippen LogP contribution in [0.1, 0.15) is 19.4 Å². The molecule has 1 aromatic carbocycles. The summed E-state index contributed by atoms with van der Waals surface area (Å²) in [7, 11) is 0. The van der Waals surface area contributed by atoms with E-state index in [0.29, 0.717) is 5.56 Å². The van der Waals surface area contributed by atoms with E-state index >= 15 is 0 Å². The summed E-state index contributed by atoms with van der Waals surface area (Å²) in [6, 6.07) is 2.86. The number of nitrogens with one attached hydrogen (secondary N) is 1. The number of phenolic OH excluding ortho intramolecular Hbond substituents is 2. The summed E-state index contributed by atoms with van der Waals surface area (Å²) in [5.41, 5.74) is 3.18. The third kappa shape index (κ3) is 6.19. The van der Waals surface area contributed by atoms with Crippen LogP contribution in [0.2, 0.25) is 0 Å². The molecule has 0 aliphatic heterocycles. The van der Waals surface area contributed by atoms with Crippen LogP contribution < -0.4 is 11.1 Å². The Morgan fingerprint density at radius 3 is 2.23 bits per heavy atom. The highest BCUT2D eigenvalue weighted by atomic mass is 35.5. The van der Waals surface area contributed by atoms with Crippen LogP contribution in [0.5, 0.6) is 11.5 Å². The molecule has 8 heteroatoms. The summed E-state index contributed by atoms with van der Waals surface area (Å²) < 4.78 is 0. The molecule has 1 aromatic rings. The molecule has 0 aromatic heterocycles. The maximum Gasteiger partial charge on any atom is 0.326 e. The monoisotopic (exact) mass is 333 g/mol. The van der Waals surface area contributed by atoms with E-state index in [4.69, 9.17) is 5.11 Å². The number of amides is 1. The van der Waals surface area contributed by atoms with Crippen LogP contribution in [-0.4, -0.2) is 45.2 Å². The standard InChI is InChI=1S/C13H18N2O5.CH3Cl/c1-13(2,14)12(20)15-8(11(18)19)5-7-3-4-9(16)10(17)6-7;1-2/h3-4,6,8,16-17H,5,14H2,1-2H3,(H,15,20)(H,18,19);1H3/p+1. The van der Waals surface area contributed by atoms with Crippen molar-refractivity contribution < 1.29 is 30.6 Å². The van der Waals surface area contributed by atoms with Crippen LogP contribution in [0.3, 0.4) is 0 Å². The minimum Gasteiger partial charge on any atom is -0.504 e. The number of hydrogen-bond donors (Lipinski definition) is 5. The first-order valence-corrected chi connectivity index (χ1v) is 7.14. The number of quaternary nitrogens is 1. The molecule has 7 nitrogen and oxygen atoms in total. The Labute approximate surface area is 133 Å². The molecule has 1 rings (SSSR count). The van der Waals surface area contributed by atoms with E-state index < -0.39 is 23.5 Å². The van der Waals surface area contributed by atoms with Gasteiger partial charge in [0.1, 0.15) is 6.04 Å². The number of aliphatic carboxylic acids is 1. The summed E-state index contributed by atoms with van der Waals surface area (Å²) >= 11 is 4.64. The quantitative estimate of drug-likeness (QED) is 0.384. The number of carbonyl (C=O) groups excluding carboxylic acids is 1. The normalized spacial score (nSPS) is 11.9. The van der Waals surface area contributed by atoms with Crippen molar-refractivity contribution >= 4 is 23.5 Å². The number of carboxylic acids is 1. The van der Waals surface area contributed by atoms with E-state index in [1.807, 2.05) is 0 Å². The summed E-state index contributed by atoms with van der Waals surface area (Å²) in [6.07, 6.45) is 1.46. The van der Waals surface area contributed by atoms with Gasteiger partial charge in [-0.2, -0.15) is 0 Å². The van der Waals surface area contributed by atoms with Gasteiger partial charge in [-0.1, -0.05) is 6.07 Å². The average Bonchev–Trinajstić information content (AvgIpc) is 2.43. The van der Waals surface area contributed by atoms with E-state index in [2.05, 4.69) is 22.7 Å². The summed E-state index contributed by atoms with van der Waals surface area (Å²) in [5.74, 6) is -2.29. The van der Waals surface area contributed by atoms with Gasteiger partial charge in [0.2, 0.25) is 0 Å². The predicted octanol–water partition coefficient (Wildman–Crippen LogP) is 0.0852. The molecule has 0 aliphatic carbocycles. The zero-order chi connectivity index (χ0) is 17.5. The lowest BCUT2D eigenvalue weighted by atomic mass is 10.0. The molecule has 0 aliphatic rings. The number of carboxylic acid groups (broad SMARTS) is 1. The van der Waals surface area contributed by atoms with Gasteiger partial charge in [0.15, 0.2) is 17.0 Å². The maximum atomic E-state index is 11.8. The van der Waals surface area contributed by atoms with Gasteiger partial charge < -0.3 is 26.4 Å². The Hall–Kier alpha value is -1.99. The van der Waals surface area contributed by atoms with Gasteiger partial charge in [-0.3, -0.25) is 4.79 Å². The number of carbonyl (C=O) groups is 2. The highest BCUT2D eigenvalue weighted by Crippen LogP contribution is 2.25. The van der Waals surface area contributed by atoms with E-state index in [0.717, 1.165) is 0 Å². The number of aromatic hydroxyl groups is 2. The molecule has 1 amide bonds. The average molecular weight is 334 g/mol. The largest absolute Gasteiger partial charge is 0.504 e. The van der Waals surface area contributed by atoms with Gasteiger partial charge in [-0.05, 0) is 31.5 Å². The molecule has 0 saturated carbocycles. The lowest BCUT2D eigenvalue weighted by Crippen LogP contribution is -2.76. The SMILES string of the molecule is CC(C)([NH3+])C(=O)NC(Cc1ccc(O)c(O)c1)C(=O)O.CCl. The van der Waals surface area contributed by atoms with Crippen LogP contribution in [0.4, 0.5) is 0 Å². The smallest absolute Gasteiger partial charge is 0.326 e. The van der Waals surface area contributed by atoms with Gasteiger partial charge in [-0.25, -0.2) is 4.79 Å². The number of rotatable bonds is 5. The van der Waals surface area contributed by atoms with Gasteiger partial charge >= 0.3 is 5.97 Å². The van der Waals surface area contributed by atoms with Crippen molar-refractivity contribution in [1.29, 1.82) is 0 Å². The highest BCUT2D eigenvalue weighted by Gasteiger charge is 2.30. The zero-order valence-electron chi connectivity index (χ0n) is 12.8. The number of hydrogen-bond acceptors (Lipinski definition) is 4. The number of alkyl halides is 1. The Morgan fingerprint density at radius 2 is 1.82 bits per heavy atom. The summed E-state index contributed by atoms with van der Waals surface area (Å²) in [6.45, 7) is 3.15. The highest BCUT2D eigenvalue weighted by molar-refractivity contribution is 6.15. The zero-order valence-corrected chi connectivity index (χ0v) is 13.5. The Balaban J connectivity index is 0.00000211. The second-order valence-corrected chi connectivity index (χ2v) is 5.28. The molecule has 0 bridgehead atoms. The first-order valence-electron chi connectivity index (χ1n) is 6.39. The van der Waals surface area contributed by atoms with Crippen LogP contribution >= 0.6 is 11.6 Å². The summed E-state index contributed by atoms with van der Waals surface area (Å²) in [5, 5.41) is 30.1. The topological polar surface area (TPSA) is 134 Å². The number of benzene rings is 1. The van der Waals surface area contributed by atoms with E-state index in [1.165, 1.54) is 24.6 Å². The third-order valence-electron chi connectivity index (χ3n) is 2.70. The molecular formula is C14H22ClN2O5+. The predicted molar refractivity (Wildman–Crippen MR) is 81.8 cm³/mol. The van der Waals surface area contributed by atoms with Crippen molar-refractivity contribution in [2.24, 2.45) is 0 Å². The first kappa shape index (κ1) is 20.0. The second-order valence-electron chi connectivity index (χ2n) is 5.28. The van der Waals surface area contributed by atoms with Crippen molar-refractivity contribution in [3.63, 3.8) is 0 Å².